The van der Waals surface area contributed by atoms with Gasteiger partial charge in [0.2, 0.25) is 5.91 Å². The number of fused-ring (bicyclic) bond motifs is 1. The van der Waals surface area contributed by atoms with Crippen LogP contribution in [0.25, 0.3) is 11.2 Å². The van der Waals surface area contributed by atoms with Crippen molar-refractivity contribution in [3.63, 3.8) is 0 Å². The van der Waals surface area contributed by atoms with Gasteiger partial charge in [-0.05, 0) is 43.4 Å². The largest absolute Gasteiger partial charge is 0.342 e. The highest BCUT2D eigenvalue weighted by atomic mass is 19.1. The number of aromatic amines is 1. The zero-order valence-corrected chi connectivity index (χ0v) is 17.8. The zero-order chi connectivity index (χ0) is 22.0. The minimum Gasteiger partial charge on any atom is -0.342 e. The summed E-state index contributed by atoms with van der Waals surface area (Å²) in [6.07, 6.45) is 3.21. The van der Waals surface area contributed by atoms with Gasteiger partial charge in [0.1, 0.15) is 11.6 Å². The average molecular weight is 426 g/mol. The quantitative estimate of drug-likeness (QED) is 0.654. The molecule has 0 bridgehead atoms. The van der Waals surface area contributed by atoms with Crippen LogP contribution in [-0.2, 0) is 11.3 Å². The topological polar surface area (TPSA) is 96.8 Å². The summed E-state index contributed by atoms with van der Waals surface area (Å²) in [6.45, 7) is 5.76. The number of nitrogens with zero attached hydrogens (tertiary/aromatic N) is 5. The molecule has 0 atom stereocenters. The monoisotopic (exact) mass is 426 g/mol. The Kier molecular flexibility index (Phi) is 6.11. The van der Waals surface area contributed by atoms with Gasteiger partial charge in [-0.3, -0.25) is 9.59 Å². The molecule has 3 aromatic rings. The Morgan fingerprint density at radius 1 is 1.19 bits per heavy atom. The molecule has 8 nitrogen and oxygen atoms in total. The molecule has 1 saturated heterocycles. The fourth-order valence-corrected chi connectivity index (χ4v) is 4.22. The van der Waals surface area contributed by atoms with E-state index in [1.165, 1.54) is 12.1 Å². The molecule has 1 aliphatic rings. The first kappa shape index (κ1) is 21.1. The number of likely N-dealkylation sites (tertiary alicyclic amines) is 1. The van der Waals surface area contributed by atoms with Gasteiger partial charge >= 0.3 is 0 Å². The van der Waals surface area contributed by atoms with Crippen molar-refractivity contribution < 1.29 is 9.18 Å². The zero-order valence-electron chi connectivity index (χ0n) is 17.8. The van der Waals surface area contributed by atoms with Crippen molar-refractivity contribution in [1.29, 1.82) is 0 Å². The third kappa shape index (κ3) is 4.35. The van der Waals surface area contributed by atoms with Gasteiger partial charge in [-0.25, -0.2) is 14.1 Å². The lowest BCUT2D eigenvalue weighted by Crippen LogP contribution is -2.41. The molecule has 0 unspecified atom stereocenters. The van der Waals surface area contributed by atoms with E-state index in [4.69, 9.17) is 0 Å². The van der Waals surface area contributed by atoms with Crippen molar-refractivity contribution in [2.45, 2.75) is 52.0 Å². The van der Waals surface area contributed by atoms with Crippen molar-refractivity contribution >= 4 is 17.1 Å². The van der Waals surface area contributed by atoms with Crippen LogP contribution in [0.4, 0.5) is 4.39 Å². The number of halogens is 1. The number of hydrogen-bond acceptors (Lipinski definition) is 5. The third-order valence-corrected chi connectivity index (χ3v) is 6.17. The summed E-state index contributed by atoms with van der Waals surface area (Å²) in [4.78, 5) is 34.7. The maximum absolute atomic E-state index is 13.2. The van der Waals surface area contributed by atoms with Crippen molar-refractivity contribution in [3.8, 4) is 0 Å². The Hall–Kier alpha value is -3.10. The van der Waals surface area contributed by atoms with E-state index < -0.39 is 0 Å². The number of aromatic nitrogens is 5. The molecule has 0 saturated carbocycles. The summed E-state index contributed by atoms with van der Waals surface area (Å²) in [6, 6.07) is 6.11. The Balaban J connectivity index is 1.53. The van der Waals surface area contributed by atoms with E-state index in [1.54, 1.807) is 16.8 Å². The van der Waals surface area contributed by atoms with Crippen LogP contribution in [0.1, 0.15) is 56.8 Å². The van der Waals surface area contributed by atoms with Crippen LogP contribution < -0.4 is 5.56 Å². The predicted octanol–water partition coefficient (Wildman–Crippen LogP) is 2.84. The van der Waals surface area contributed by atoms with Gasteiger partial charge in [-0.15, -0.1) is 5.10 Å². The molecule has 9 heteroatoms. The summed E-state index contributed by atoms with van der Waals surface area (Å²) in [5.41, 5.74) is 1.12. The van der Waals surface area contributed by atoms with Gasteiger partial charge < -0.3 is 9.88 Å². The number of H-pyrrole nitrogens is 1. The highest BCUT2D eigenvalue weighted by Gasteiger charge is 2.28. The normalized spacial score (nSPS) is 15.2. The Morgan fingerprint density at radius 3 is 2.52 bits per heavy atom. The number of benzene rings is 1. The number of rotatable bonds is 6. The molecule has 1 amide bonds. The van der Waals surface area contributed by atoms with E-state index in [2.05, 4.69) is 20.3 Å². The lowest BCUT2D eigenvalue weighted by molar-refractivity contribution is -0.136. The molecular weight excluding hydrogens is 399 g/mol. The van der Waals surface area contributed by atoms with Gasteiger partial charge in [-0.1, -0.05) is 31.2 Å². The summed E-state index contributed by atoms with van der Waals surface area (Å²) < 4.78 is 14.7. The second-order valence-electron chi connectivity index (χ2n) is 8.11. The first-order chi connectivity index (χ1) is 15.0. The van der Waals surface area contributed by atoms with Gasteiger partial charge in [0.25, 0.3) is 5.56 Å². The SMILES string of the molecule is CCC(CC)C(=O)N1CCC(c2nc3c(nnn3Cc3ccc(F)cc3)c(=O)[nH]2)CC1. The van der Waals surface area contributed by atoms with Crippen LogP contribution >= 0.6 is 0 Å². The van der Waals surface area contributed by atoms with E-state index in [9.17, 15) is 14.0 Å². The van der Waals surface area contributed by atoms with E-state index in [0.717, 1.165) is 31.2 Å². The maximum atomic E-state index is 13.2. The van der Waals surface area contributed by atoms with Gasteiger partial charge in [0.05, 0.1) is 6.54 Å². The summed E-state index contributed by atoms with van der Waals surface area (Å²) >= 11 is 0. The van der Waals surface area contributed by atoms with Crippen LogP contribution in [0.2, 0.25) is 0 Å². The van der Waals surface area contributed by atoms with Crippen molar-refractivity contribution in [2.75, 3.05) is 13.1 Å². The fourth-order valence-electron chi connectivity index (χ4n) is 4.22. The van der Waals surface area contributed by atoms with E-state index in [0.29, 0.717) is 31.1 Å². The Morgan fingerprint density at radius 2 is 1.87 bits per heavy atom. The fraction of sp³-hybridized carbons (Fsp3) is 0.500. The molecule has 1 aromatic carbocycles. The highest BCUT2D eigenvalue weighted by molar-refractivity contribution is 5.78. The lowest BCUT2D eigenvalue weighted by atomic mass is 9.93. The van der Waals surface area contributed by atoms with E-state index in [1.807, 2.05) is 18.7 Å². The van der Waals surface area contributed by atoms with Crippen LogP contribution in [0.3, 0.4) is 0 Å². The summed E-state index contributed by atoms with van der Waals surface area (Å²) in [5.74, 6) is 0.671. The molecule has 1 aliphatic heterocycles. The number of piperidine rings is 1. The van der Waals surface area contributed by atoms with E-state index >= 15 is 0 Å². The number of hydrogen-bond donors (Lipinski definition) is 1. The molecule has 0 radical (unpaired) electrons. The van der Waals surface area contributed by atoms with Gasteiger partial charge in [0, 0.05) is 24.9 Å². The second-order valence-corrected chi connectivity index (χ2v) is 8.11. The smallest absolute Gasteiger partial charge is 0.281 e. The minimum absolute atomic E-state index is 0.0667. The molecule has 0 aliphatic carbocycles. The molecule has 4 rings (SSSR count). The molecule has 1 fully saturated rings. The molecule has 3 heterocycles. The number of carbonyl (C=O) groups is 1. The Labute approximate surface area is 179 Å². The van der Waals surface area contributed by atoms with Crippen LogP contribution in [-0.4, -0.2) is 48.9 Å². The van der Waals surface area contributed by atoms with Gasteiger partial charge in [-0.2, -0.15) is 0 Å². The maximum Gasteiger partial charge on any atom is 0.281 e. The average Bonchev–Trinajstić information content (AvgIpc) is 3.19. The van der Waals surface area contributed by atoms with Crippen molar-refractivity contribution in [3.05, 3.63) is 51.8 Å². The minimum atomic E-state index is -0.319. The van der Waals surface area contributed by atoms with Crippen molar-refractivity contribution in [1.82, 2.24) is 29.9 Å². The highest BCUT2D eigenvalue weighted by Crippen LogP contribution is 2.27. The number of carbonyl (C=O) groups excluding carboxylic acids is 1. The first-order valence-corrected chi connectivity index (χ1v) is 10.9. The molecule has 2 aromatic heterocycles. The summed E-state index contributed by atoms with van der Waals surface area (Å²) in [5, 5.41) is 8.04. The molecule has 0 spiro atoms. The molecular formula is C22H27FN6O2. The third-order valence-electron chi connectivity index (χ3n) is 6.17. The standard InChI is InChI=1S/C22H27FN6O2/c1-3-15(4-2)22(31)28-11-9-16(10-12-28)19-24-20-18(21(30)25-19)26-27-29(20)13-14-5-7-17(23)8-6-14/h5-8,15-16H,3-4,9-13H2,1-2H3,(H,24,25,30). The number of nitrogens with one attached hydrogen (secondary N) is 1. The summed E-state index contributed by atoms with van der Waals surface area (Å²) in [7, 11) is 0. The predicted molar refractivity (Wildman–Crippen MR) is 114 cm³/mol. The molecule has 164 valence electrons. The van der Waals surface area contributed by atoms with Crippen LogP contribution in [0, 0.1) is 11.7 Å². The number of amides is 1. The van der Waals surface area contributed by atoms with Crippen LogP contribution in [0.5, 0.6) is 0 Å². The van der Waals surface area contributed by atoms with E-state index in [-0.39, 0.29) is 34.6 Å². The molecule has 1 N–H and O–H groups in total. The second kappa shape index (κ2) is 8.95. The first-order valence-electron chi connectivity index (χ1n) is 10.9. The van der Waals surface area contributed by atoms with Crippen molar-refractivity contribution in [2.24, 2.45) is 5.92 Å². The van der Waals surface area contributed by atoms with Crippen LogP contribution in [0.15, 0.2) is 29.1 Å². The van der Waals surface area contributed by atoms with Gasteiger partial charge in [0.15, 0.2) is 11.2 Å². The molecule has 31 heavy (non-hydrogen) atoms. The lowest BCUT2D eigenvalue weighted by Gasteiger charge is -2.33. The Bertz CT molecular complexity index is 1110.